The first-order chi connectivity index (χ1) is 10.8. The summed E-state index contributed by atoms with van der Waals surface area (Å²) in [5, 5.41) is 2.19. The summed E-state index contributed by atoms with van der Waals surface area (Å²) in [6.07, 6.45) is 0. The first-order valence-electron chi connectivity index (χ1n) is 7.85. The maximum Gasteiger partial charge on any atom is 0.313 e. The number of esters is 1. The fraction of sp³-hybridized carbons (Fsp3) is 0.421. The van der Waals surface area contributed by atoms with E-state index in [1.54, 1.807) is 7.11 Å². The van der Waals surface area contributed by atoms with Crippen molar-refractivity contribution in [3.63, 3.8) is 0 Å². The predicted octanol–water partition coefficient (Wildman–Crippen LogP) is 3.20. The number of nitrogens with zero attached hydrogens (tertiary/aromatic N) is 1. The van der Waals surface area contributed by atoms with Gasteiger partial charge >= 0.3 is 5.97 Å². The molecule has 4 nitrogen and oxygen atoms in total. The van der Waals surface area contributed by atoms with Gasteiger partial charge in [0.25, 0.3) is 0 Å². The smallest absolute Gasteiger partial charge is 0.313 e. The van der Waals surface area contributed by atoms with Gasteiger partial charge in [0.2, 0.25) is 0 Å². The molecule has 2 aromatic rings. The van der Waals surface area contributed by atoms with Crippen molar-refractivity contribution in [3.8, 4) is 5.75 Å². The van der Waals surface area contributed by atoms with Crippen LogP contribution in [-0.4, -0.2) is 51.9 Å². The summed E-state index contributed by atoms with van der Waals surface area (Å²) in [5.41, 5.74) is 0.970. The number of methoxy groups -OCH3 is 1. The lowest BCUT2D eigenvalue weighted by molar-refractivity contribution is -0.870. The standard InChI is InChI=1S/C19H26NO3/c1-14(19(21)23-11-10-20(2,3)4)15-6-7-17-13-18(22-5)9-8-16(17)12-15/h6-9,12-14H,10-11H2,1-5H3/q+1. The van der Waals surface area contributed by atoms with Gasteiger partial charge in [-0.05, 0) is 35.4 Å². The van der Waals surface area contributed by atoms with Gasteiger partial charge < -0.3 is 14.0 Å². The average Bonchev–Trinajstić information content (AvgIpc) is 2.51. The Balaban J connectivity index is 2.08. The Hall–Kier alpha value is -2.07. The van der Waals surface area contributed by atoms with Gasteiger partial charge in [-0.1, -0.05) is 24.3 Å². The molecular weight excluding hydrogens is 290 g/mol. The molecule has 0 bridgehead atoms. The van der Waals surface area contributed by atoms with Crippen LogP contribution < -0.4 is 4.74 Å². The van der Waals surface area contributed by atoms with Crippen molar-refractivity contribution in [3.05, 3.63) is 42.0 Å². The highest BCUT2D eigenvalue weighted by Gasteiger charge is 2.18. The summed E-state index contributed by atoms with van der Waals surface area (Å²) in [7, 11) is 7.89. The minimum absolute atomic E-state index is 0.175. The minimum Gasteiger partial charge on any atom is -0.497 e. The zero-order valence-electron chi connectivity index (χ0n) is 14.6. The number of carbonyl (C=O) groups excluding carboxylic acids is 1. The van der Waals surface area contributed by atoms with Crippen LogP contribution in [0.4, 0.5) is 0 Å². The van der Waals surface area contributed by atoms with Crippen molar-refractivity contribution < 1.29 is 18.8 Å². The third-order valence-electron chi connectivity index (χ3n) is 3.93. The molecule has 0 N–H and O–H groups in total. The normalized spacial score (nSPS) is 12.9. The van der Waals surface area contributed by atoms with Gasteiger partial charge in [0.15, 0.2) is 0 Å². The van der Waals surface area contributed by atoms with Crippen molar-refractivity contribution in [2.75, 3.05) is 41.4 Å². The number of fused-ring (bicyclic) bond motifs is 1. The van der Waals surface area contributed by atoms with Crippen LogP contribution in [0, 0.1) is 0 Å². The van der Waals surface area contributed by atoms with Gasteiger partial charge in [-0.3, -0.25) is 4.79 Å². The van der Waals surface area contributed by atoms with Crippen LogP contribution in [0.5, 0.6) is 5.75 Å². The fourth-order valence-electron chi connectivity index (χ4n) is 2.32. The zero-order valence-corrected chi connectivity index (χ0v) is 14.6. The Morgan fingerprint density at radius 3 is 2.39 bits per heavy atom. The highest BCUT2D eigenvalue weighted by molar-refractivity contribution is 5.86. The summed E-state index contributed by atoms with van der Waals surface area (Å²) in [6.45, 7) is 3.13. The van der Waals surface area contributed by atoms with Crippen LogP contribution in [0.2, 0.25) is 0 Å². The molecule has 23 heavy (non-hydrogen) atoms. The van der Waals surface area contributed by atoms with Crippen molar-refractivity contribution in [1.82, 2.24) is 0 Å². The lowest BCUT2D eigenvalue weighted by Gasteiger charge is -2.23. The molecule has 0 aliphatic carbocycles. The van der Waals surface area contributed by atoms with E-state index in [1.165, 1.54) is 0 Å². The molecule has 0 fully saturated rings. The molecule has 0 radical (unpaired) electrons. The average molecular weight is 316 g/mol. The summed E-state index contributed by atoms with van der Waals surface area (Å²) in [4.78, 5) is 12.2. The van der Waals surface area contributed by atoms with Gasteiger partial charge in [0.05, 0.1) is 34.2 Å². The van der Waals surface area contributed by atoms with E-state index in [0.717, 1.165) is 33.1 Å². The molecule has 1 unspecified atom stereocenters. The molecule has 0 saturated carbocycles. The van der Waals surface area contributed by atoms with E-state index in [9.17, 15) is 4.79 Å². The van der Waals surface area contributed by atoms with E-state index in [-0.39, 0.29) is 11.9 Å². The second kappa shape index (κ2) is 7.01. The third kappa shape index (κ3) is 4.70. The molecule has 2 aromatic carbocycles. The number of quaternary nitrogens is 1. The second-order valence-electron chi connectivity index (χ2n) is 6.88. The third-order valence-corrected chi connectivity index (χ3v) is 3.93. The molecule has 1 atom stereocenters. The quantitative estimate of drug-likeness (QED) is 0.606. The number of likely N-dealkylation sites (N-methyl/N-ethyl adjacent to an activating group) is 1. The molecule has 0 amide bonds. The summed E-state index contributed by atoms with van der Waals surface area (Å²) >= 11 is 0. The molecule has 0 heterocycles. The van der Waals surface area contributed by atoms with Gasteiger partial charge in [0, 0.05) is 0 Å². The van der Waals surface area contributed by atoms with Crippen LogP contribution in [0.1, 0.15) is 18.4 Å². The van der Waals surface area contributed by atoms with Crippen LogP contribution in [0.15, 0.2) is 36.4 Å². The predicted molar refractivity (Wildman–Crippen MR) is 92.8 cm³/mol. The second-order valence-corrected chi connectivity index (χ2v) is 6.88. The first kappa shape index (κ1) is 17.3. The van der Waals surface area contributed by atoms with Crippen LogP contribution in [-0.2, 0) is 9.53 Å². The van der Waals surface area contributed by atoms with Crippen LogP contribution >= 0.6 is 0 Å². The molecule has 0 aliphatic rings. The maximum absolute atomic E-state index is 12.2. The van der Waals surface area contributed by atoms with Crippen molar-refractivity contribution in [2.45, 2.75) is 12.8 Å². The van der Waals surface area contributed by atoms with Crippen molar-refractivity contribution in [1.29, 1.82) is 0 Å². The topological polar surface area (TPSA) is 35.5 Å². The SMILES string of the molecule is COc1ccc2cc(C(C)C(=O)OCC[N+](C)(C)C)ccc2c1. The monoisotopic (exact) mass is 316 g/mol. The number of ether oxygens (including phenoxy) is 2. The largest absolute Gasteiger partial charge is 0.497 e. The molecule has 2 rings (SSSR count). The van der Waals surface area contributed by atoms with Gasteiger partial charge in [-0.15, -0.1) is 0 Å². The molecular formula is C19H26NO3+. The minimum atomic E-state index is -0.269. The first-order valence-corrected chi connectivity index (χ1v) is 7.85. The Morgan fingerprint density at radius 1 is 1.09 bits per heavy atom. The van der Waals surface area contributed by atoms with E-state index in [2.05, 4.69) is 21.1 Å². The summed E-state index contributed by atoms with van der Waals surface area (Å²) < 4.78 is 11.4. The van der Waals surface area contributed by atoms with E-state index in [4.69, 9.17) is 9.47 Å². The Kier molecular flexibility index (Phi) is 5.26. The van der Waals surface area contributed by atoms with Gasteiger partial charge in [0.1, 0.15) is 18.9 Å². The van der Waals surface area contributed by atoms with Crippen molar-refractivity contribution in [2.24, 2.45) is 0 Å². The van der Waals surface area contributed by atoms with E-state index in [1.807, 2.05) is 43.3 Å². The highest BCUT2D eigenvalue weighted by atomic mass is 16.5. The zero-order chi connectivity index (χ0) is 17.0. The Morgan fingerprint density at radius 2 is 1.74 bits per heavy atom. The number of rotatable bonds is 6. The molecule has 0 saturated heterocycles. The van der Waals surface area contributed by atoms with E-state index in [0.29, 0.717) is 6.61 Å². The van der Waals surface area contributed by atoms with Gasteiger partial charge in [-0.2, -0.15) is 0 Å². The number of carbonyl (C=O) groups is 1. The number of benzene rings is 2. The molecule has 4 heteroatoms. The lowest BCUT2D eigenvalue weighted by Crippen LogP contribution is -2.38. The highest BCUT2D eigenvalue weighted by Crippen LogP contribution is 2.25. The number of hydrogen-bond acceptors (Lipinski definition) is 3. The van der Waals surface area contributed by atoms with E-state index >= 15 is 0 Å². The van der Waals surface area contributed by atoms with E-state index < -0.39 is 0 Å². The molecule has 0 aliphatic heterocycles. The maximum atomic E-state index is 12.2. The Bertz CT molecular complexity index is 689. The fourth-order valence-corrected chi connectivity index (χ4v) is 2.32. The summed E-state index contributed by atoms with van der Waals surface area (Å²) in [5.74, 6) is 0.387. The van der Waals surface area contributed by atoms with Crippen LogP contribution in [0.3, 0.4) is 0 Å². The summed E-state index contributed by atoms with van der Waals surface area (Å²) in [6, 6.07) is 12.0. The van der Waals surface area contributed by atoms with Crippen LogP contribution in [0.25, 0.3) is 10.8 Å². The Labute approximate surface area is 138 Å². The molecule has 0 spiro atoms. The lowest BCUT2D eigenvalue weighted by atomic mass is 9.98. The molecule has 124 valence electrons. The molecule has 0 aromatic heterocycles. The number of hydrogen-bond donors (Lipinski definition) is 0. The van der Waals surface area contributed by atoms with Crippen molar-refractivity contribution >= 4 is 16.7 Å². The van der Waals surface area contributed by atoms with Gasteiger partial charge in [-0.25, -0.2) is 0 Å².